The third kappa shape index (κ3) is 6.79. The van der Waals surface area contributed by atoms with Gasteiger partial charge in [-0.3, -0.25) is 4.79 Å². The van der Waals surface area contributed by atoms with Crippen molar-refractivity contribution >= 4 is 17.6 Å². The van der Waals surface area contributed by atoms with E-state index >= 15 is 0 Å². The summed E-state index contributed by atoms with van der Waals surface area (Å²) in [6, 6.07) is 12.6. The molecule has 0 heterocycles. The van der Waals surface area contributed by atoms with Gasteiger partial charge in [0.1, 0.15) is 12.4 Å². The first-order valence-corrected chi connectivity index (χ1v) is 8.80. The van der Waals surface area contributed by atoms with Crippen molar-refractivity contribution in [3.05, 3.63) is 54.3 Å². The molecular formula is C20H24FN3O4. The zero-order chi connectivity index (χ0) is 20.4. The number of rotatable bonds is 9. The molecule has 0 saturated carbocycles. The van der Waals surface area contributed by atoms with Crippen molar-refractivity contribution in [3.8, 4) is 11.5 Å². The molecule has 0 fully saturated rings. The summed E-state index contributed by atoms with van der Waals surface area (Å²) < 4.78 is 23.8. The van der Waals surface area contributed by atoms with E-state index in [2.05, 4.69) is 10.6 Å². The summed E-state index contributed by atoms with van der Waals surface area (Å²) in [6.07, 6.45) is 0.145. The van der Waals surface area contributed by atoms with Crippen molar-refractivity contribution in [2.24, 2.45) is 0 Å². The van der Waals surface area contributed by atoms with Crippen LogP contribution in [0.4, 0.5) is 14.9 Å². The highest BCUT2D eigenvalue weighted by Crippen LogP contribution is 2.15. The normalized spacial score (nSPS) is 10.1. The maximum Gasteiger partial charge on any atom is 0.319 e. The number of halogens is 1. The van der Waals surface area contributed by atoms with Gasteiger partial charge >= 0.3 is 6.03 Å². The SMILES string of the molecule is COc1ccc(NC(=O)NCCC(=O)N(C)CCOc2ccccc2F)cc1. The van der Waals surface area contributed by atoms with E-state index < -0.39 is 11.8 Å². The Kier molecular flexibility index (Phi) is 8.08. The van der Waals surface area contributed by atoms with E-state index in [1.165, 1.54) is 17.0 Å². The van der Waals surface area contributed by atoms with Gasteiger partial charge in [-0.25, -0.2) is 9.18 Å². The Morgan fingerprint density at radius 2 is 1.82 bits per heavy atom. The van der Waals surface area contributed by atoms with E-state index in [9.17, 15) is 14.0 Å². The molecule has 0 aliphatic carbocycles. The molecule has 3 amide bonds. The molecule has 2 aromatic carbocycles. The Hall–Kier alpha value is -3.29. The molecular weight excluding hydrogens is 365 g/mol. The Labute approximate surface area is 163 Å². The Balaban J connectivity index is 1.63. The topological polar surface area (TPSA) is 79.9 Å². The fourth-order valence-corrected chi connectivity index (χ4v) is 2.30. The molecule has 0 bridgehead atoms. The lowest BCUT2D eigenvalue weighted by atomic mass is 10.3. The van der Waals surface area contributed by atoms with E-state index in [4.69, 9.17) is 9.47 Å². The first-order valence-electron chi connectivity index (χ1n) is 8.80. The van der Waals surface area contributed by atoms with Crippen molar-refractivity contribution < 1.29 is 23.5 Å². The smallest absolute Gasteiger partial charge is 0.319 e. The lowest BCUT2D eigenvalue weighted by molar-refractivity contribution is -0.130. The summed E-state index contributed by atoms with van der Waals surface area (Å²) in [5.41, 5.74) is 0.618. The number of para-hydroxylation sites is 1. The van der Waals surface area contributed by atoms with Crippen LogP contribution in [0.2, 0.25) is 0 Å². The number of carbonyl (C=O) groups excluding carboxylic acids is 2. The first-order chi connectivity index (χ1) is 13.5. The number of ether oxygens (including phenoxy) is 2. The molecule has 2 rings (SSSR count). The van der Waals surface area contributed by atoms with E-state index in [-0.39, 0.29) is 31.2 Å². The summed E-state index contributed by atoms with van der Waals surface area (Å²) in [5.74, 6) is 0.254. The zero-order valence-electron chi connectivity index (χ0n) is 15.9. The molecule has 0 saturated heterocycles. The third-order valence-corrected chi connectivity index (χ3v) is 3.92. The minimum absolute atomic E-state index is 0.145. The number of methoxy groups -OCH3 is 1. The maximum atomic E-state index is 13.5. The summed E-state index contributed by atoms with van der Waals surface area (Å²) in [4.78, 5) is 25.4. The molecule has 0 aliphatic heterocycles. The van der Waals surface area contributed by atoms with Crippen molar-refractivity contribution in [2.75, 3.05) is 39.2 Å². The van der Waals surface area contributed by atoms with Crippen molar-refractivity contribution in [1.82, 2.24) is 10.2 Å². The molecule has 2 N–H and O–H groups in total. The van der Waals surface area contributed by atoms with Gasteiger partial charge in [-0.1, -0.05) is 12.1 Å². The molecule has 150 valence electrons. The fraction of sp³-hybridized carbons (Fsp3) is 0.300. The number of urea groups is 1. The lowest BCUT2D eigenvalue weighted by Gasteiger charge is -2.18. The average Bonchev–Trinajstić information content (AvgIpc) is 2.69. The predicted molar refractivity (Wildman–Crippen MR) is 104 cm³/mol. The summed E-state index contributed by atoms with van der Waals surface area (Å²) in [6.45, 7) is 0.680. The standard InChI is InChI=1S/C20H24FN3O4/c1-24(13-14-28-18-6-4-3-5-17(18)21)19(25)11-12-22-20(26)23-15-7-9-16(27-2)10-8-15/h3-10H,11-14H2,1-2H3,(H2,22,23,26). The van der Waals surface area contributed by atoms with Crippen LogP contribution in [-0.2, 0) is 4.79 Å². The predicted octanol–water partition coefficient (Wildman–Crippen LogP) is 2.88. The highest BCUT2D eigenvalue weighted by atomic mass is 19.1. The summed E-state index contributed by atoms with van der Waals surface area (Å²) in [7, 11) is 3.19. The number of benzene rings is 2. The highest BCUT2D eigenvalue weighted by molar-refractivity contribution is 5.89. The average molecular weight is 389 g/mol. The first kappa shape index (κ1) is 21.0. The van der Waals surface area contributed by atoms with Crippen LogP contribution in [-0.4, -0.2) is 50.7 Å². The number of amides is 3. The number of nitrogens with one attached hydrogen (secondary N) is 2. The molecule has 0 aliphatic rings. The van der Waals surface area contributed by atoms with Crippen molar-refractivity contribution in [1.29, 1.82) is 0 Å². The van der Waals surface area contributed by atoms with Gasteiger partial charge < -0.3 is 25.0 Å². The number of likely N-dealkylation sites (N-methyl/N-ethyl adjacent to an activating group) is 1. The molecule has 8 heteroatoms. The second kappa shape index (κ2) is 10.8. The molecule has 0 aromatic heterocycles. The maximum absolute atomic E-state index is 13.5. The van der Waals surface area contributed by atoms with E-state index in [0.717, 1.165) is 0 Å². The molecule has 0 unspecified atom stereocenters. The van der Waals surface area contributed by atoms with Crippen LogP contribution in [0, 0.1) is 5.82 Å². The third-order valence-electron chi connectivity index (χ3n) is 3.92. The van der Waals surface area contributed by atoms with Crippen LogP contribution in [0.1, 0.15) is 6.42 Å². The zero-order valence-corrected chi connectivity index (χ0v) is 15.9. The number of nitrogens with zero attached hydrogens (tertiary/aromatic N) is 1. The van der Waals surface area contributed by atoms with Crippen LogP contribution in [0.25, 0.3) is 0 Å². The second-order valence-corrected chi connectivity index (χ2v) is 5.95. The van der Waals surface area contributed by atoms with Crippen molar-refractivity contribution in [3.63, 3.8) is 0 Å². The van der Waals surface area contributed by atoms with Gasteiger partial charge in [0.15, 0.2) is 11.6 Å². The van der Waals surface area contributed by atoms with Crippen LogP contribution in [0.15, 0.2) is 48.5 Å². The molecule has 7 nitrogen and oxygen atoms in total. The van der Waals surface area contributed by atoms with Gasteiger partial charge in [0.25, 0.3) is 0 Å². The van der Waals surface area contributed by atoms with Crippen LogP contribution in [0.5, 0.6) is 11.5 Å². The van der Waals surface area contributed by atoms with Gasteiger partial charge in [-0.15, -0.1) is 0 Å². The number of hydrogen-bond donors (Lipinski definition) is 2. The number of carbonyl (C=O) groups is 2. The summed E-state index contributed by atoms with van der Waals surface area (Å²) >= 11 is 0. The fourth-order valence-electron chi connectivity index (χ4n) is 2.30. The summed E-state index contributed by atoms with van der Waals surface area (Å²) in [5, 5.41) is 5.29. The van der Waals surface area contributed by atoms with Crippen LogP contribution >= 0.6 is 0 Å². The van der Waals surface area contributed by atoms with Gasteiger partial charge in [0, 0.05) is 25.7 Å². The second-order valence-electron chi connectivity index (χ2n) is 5.95. The van der Waals surface area contributed by atoms with E-state index in [1.54, 1.807) is 50.6 Å². The minimum atomic E-state index is -0.441. The quantitative estimate of drug-likeness (QED) is 0.691. The minimum Gasteiger partial charge on any atom is -0.497 e. The molecule has 0 radical (unpaired) electrons. The van der Waals surface area contributed by atoms with Gasteiger partial charge in [-0.2, -0.15) is 0 Å². The monoisotopic (exact) mass is 389 g/mol. The molecule has 2 aromatic rings. The number of hydrogen-bond acceptors (Lipinski definition) is 4. The van der Waals surface area contributed by atoms with Gasteiger partial charge in [0.05, 0.1) is 13.7 Å². The van der Waals surface area contributed by atoms with E-state index in [1.807, 2.05) is 0 Å². The van der Waals surface area contributed by atoms with E-state index in [0.29, 0.717) is 18.0 Å². The Morgan fingerprint density at radius 1 is 1.11 bits per heavy atom. The largest absolute Gasteiger partial charge is 0.497 e. The highest BCUT2D eigenvalue weighted by Gasteiger charge is 2.10. The number of anilines is 1. The van der Waals surface area contributed by atoms with Crippen LogP contribution in [0.3, 0.4) is 0 Å². The molecule has 0 spiro atoms. The Bertz CT molecular complexity index is 783. The van der Waals surface area contributed by atoms with Gasteiger partial charge in [0.2, 0.25) is 5.91 Å². The lowest BCUT2D eigenvalue weighted by Crippen LogP contribution is -2.35. The molecule has 28 heavy (non-hydrogen) atoms. The van der Waals surface area contributed by atoms with Crippen LogP contribution < -0.4 is 20.1 Å². The van der Waals surface area contributed by atoms with Gasteiger partial charge in [-0.05, 0) is 36.4 Å². The Morgan fingerprint density at radius 3 is 2.50 bits per heavy atom. The molecule has 0 atom stereocenters. The van der Waals surface area contributed by atoms with Crippen molar-refractivity contribution in [2.45, 2.75) is 6.42 Å².